The molecule has 1 aromatic heterocycles. The number of methoxy groups -OCH3 is 1. The molecule has 3 aromatic carbocycles. The minimum Gasteiger partial charge on any atom is -0.490 e. The van der Waals surface area contributed by atoms with Crippen LogP contribution < -0.4 is 15.0 Å². The van der Waals surface area contributed by atoms with Crippen molar-refractivity contribution in [1.82, 2.24) is 20.1 Å². The van der Waals surface area contributed by atoms with Gasteiger partial charge in [-0.3, -0.25) is 0 Å². The van der Waals surface area contributed by atoms with Crippen LogP contribution >= 0.6 is 0 Å². The summed E-state index contributed by atoms with van der Waals surface area (Å²) in [4.78, 5) is 2.46. The zero-order valence-electron chi connectivity index (χ0n) is 31.9. The van der Waals surface area contributed by atoms with Gasteiger partial charge in [0.25, 0.3) is 0 Å². The minimum absolute atomic E-state index is 0.0301. The monoisotopic (exact) mass is 761 g/mol. The zero-order valence-corrected chi connectivity index (χ0v) is 32.7. The van der Waals surface area contributed by atoms with Gasteiger partial charge in [-0.05, 0) is 81.0 Å². The molecule has 5 atom stereocenters. The maximum absolute atomic E-state index is 14.7. The van der Waals surface area contributed by atoms with Gasteiger partial charge in [0.15, 0.2) is 5.44 Å². The Labute approximate surface area is 320 Å². The molecule has 0 radical (unpaired) electrons. The molecule has 0 spiro atoms. The lowest BCUT2D eigenvalue weighted by Gasteiger charge is -2.39. The van der Waals surface area contributed by atoms with Crippen LogP contribution in [-0.2, 0) is 41.9 Å². The van der Waals surface area contributed by atoms with E-state index >= 15 is 0 Å². The number of hydrogen-bond acceptors (Lipinski definition) is 11. The molecule has 2 aliphatic rings. The van der Waals surface area contributed by atoms with E-state index in [2.05, 4.69) is 44.7 Å². The summed E-state index contributed by atoms with van der Waals surface area (Å²) in [5.74, 6) is 0.658. The largest absolute Gasteiger partial charge is 0.490 e. The van der Waals surface area contributed by atoms with Crippen LogP contribution in [0.4, 0.5) is 5.69 Å². The van der Waals surface area contributed by atoms with Crippen LogP contribution in [0.3, 0.4) is 0 Å². The Morgan fingerprint density at radius 2 is 1.80 bits per heavy atom. The molecular formula is C41H55N5O7S. The number of hydrogen-bond donors (Lipinski definition) is 1. The molecular weight excluding hydrogens is 707 g/mol. The number of benzene rings is 3. The third-order valence-corrected chi connectivity index (χ3v) is 12.1. The van der Waals surface area contributed by atoms with Gasteiger partial charge < -0.3 is 38.5 Å². The van der Waals surface area contributed by atoms with E-state index in [1.54, 1.807) is 31.9 Å². The topological polar surface area (TPSA) is 126 Å². The van der Waals surface area contributed by atoms with E-state index in [0.717, 1.165) is 60.5 Å². The highest BCUT2D eigenvalue weighted by molar-refractivity contribution is 7.91. The Hall–Kier alpha value is -3.85. The quantitative estimate of drug-likeness (QED) is 0.116. The first-order valence-electron chi connectivity index (χ1n) is 19.1. The van der Waals surface area contributed by atoms with Crippen molar-refractivity contribution in [3.8, 4) is 5.75 Å². The highest BCUT2D eigenvalue weighted by Gasteiger charge is 2.39. The molecule has 1 N–H and O–H groups in total. The van der Waals surface area contributed by atoms with Crippen LogP contribution in [0.15, 0.2) is 84.3 Å². The fourth-order valence-electron chi connectivity index (χ4n) is 7.27. The Morgan fingerprint density at radius 1 is 1.02 bits per heavy atom. The number of aryl methyl sites for hydroxylation is 2. The first-order valence-corrected chi connectivity index (χ1v) is 20.6. The van der Waals surface area contributed by atoms with Crippen molar-refractivity contribution in [3.05, 3.63) is 102 Å². The molecule has 3 heterocycles. The molecule has 1 fully saturated rings. The van der Waals surface area contributed by atoms with E-state index in [1.165, 1.54) is 0 Å². The second kappa shape index (κ2) is 19.1. The molecule has 0 bridgehead atoms. The van der Waals surface area contributed by atoms with E-state index in [0.29, 0.717) is 51.7 Å². The van der Waals surface area contributed by atoms with Crippen LogP contribution in [0.25, 0.3) is 0 Å². The van der Waals surface area contributed by atoms with Gasteiger partial charge in [-0.2, -0.15) is 0 Å². The summed E-state index contributed by atoms with van der Waals surface area (Å²) in [5.41, 5.74) is 3.31. The number of rotatable bonds is 19. The average molecular weight is 762 g/mol. The number of nitrogens with one attached hydrogen (secondary N) is 1. The third kappa shape index (κ3) is 10.3. The van der Waals surface area contributed by atoms with Crippen LogP contribution in [0, 0.1) is 6.92 Å². The highest BCUT2D eigenvalue weighted by Crippen LogP contribution is 2.41. The molecule has 54 heavy (non-hydrogen) atoms. The van der Waals surface area contributed by atoms with Crippen LogP contribution in [-0.4, -0.2) is 94.6 Å². The zero-order chi connectivity index (χ0) is 37.9. The van der Waals surface area contributed by atoms with E-state index in [1.807, 2.05) is 55.7 Å². The summed E-state index contributed by atoms with van der Waals surface area (Å²) in [5, 5.41) is 11.6. The molecule has 292 valence electrons. The average Bonchev–Trinajstić information content (AvgIpc) is 3.71. The summed E-state index contributed by atoms with van der Waals surface area (Å²) < 4.78 is 61.2. The van der Waals surface area contributed by atoms with Crippen LogP contribution in [0.2, 0.25) is 0 Å². The molecule has 6 rings (SSSR count). The lowest BCUT2D eigenvalue weighted by atomic mass is 9.83. The van der Waals surface area contributed by atoms with Gasteiger partial charge >= 0.3 is 0 Å². The van der Waals surface area contributed by atoms with E-state index in [4.69, 9.17) is 23.7 Å². The molecule has 4 aromatic rings. The van der Waals surface area contributed by atoms with E-state index in [9.17, 15) is 8.42 Å². The van der Waals surface area contributed by atoms with Gasteiger partial charge in [-0.1, -0.05) is 48.0 Å². The summed E-state index contributed by atoms with van der Waals surface area (Å²) >= 11 is 0. The number of aromatic nitrogens is 3. The van der Waals surface area contributed by atoms with Crippen molar-refractivity contribution < 1.29 is 32.1 Å². The number of piperidine rings is 1. The van der Waals surface area contributed by atoms with E-state index < -0.39 is 21.4 Å². The highest BCUT2D eigenvalue weighted by atomic mass is 32.2. The molecule has 0 amide bonds. The predicted molar refractivity (Wildman–Crippen MR) is 208 cm³/mol. The molecule has 0 aliphatic carbocycles. The maximum Gasteiger partial charge on any atom is 0.209 e. The van der Waals surface area contributed by atoms with Gasteiger partial charge in [0.05, 0.1) is 42.5 Å². The van der Waals surface area contributed by atoms with E-state index in [-0.39, 0.29) is 23.0 Å². The second-order valence-electron chi connectivity index (χ2n) is 14.2. The number of ether oxygens (including phenoxy) is 5. The molecule has 0 saturated carbocycles. The second-order valence-corrected chi connectivity index (χ2v) is 16.2. The summed E-state index contributed by atoms with van der Waals surface area (Å²) in [6.45, 7) is 11.5. The molecule has 1 unspecified atom stereocenters. The standard InChI is InChI=1S/C41H55N5O7S/c1-5-51-31(3)26-50-27-32-9-11-33(12-10-32)37-24-35(17-19-45-28-43-44-29-45)42-25-40(37)53-41(54(47,48)36-14-7-30(2)8-15-36)34-13-16-39-38(23-34)46(20-22-52-39)18-6-21-49-4/h7-16,23,28-29,31,35,37,40-42H,5-6,17-22,24-27H2,1-4H3/t31-,35+,37-,40+,41?/m1/s1. The summed E-state index contributed by atoms with van der Waals surface area (Å²) in [6.07, 6.45) is 5.50. The van der Waals surface area contributed by atoms with Crippen molar-refractivity contribution >= 4 is 15.5 Å². The predicted octanol–water partition coefficient (Wildman–Crippen LogP) is 5.86. The van der Waals surface area contributed by atoms with Gasteiger partial charge in [0, 0.05) is 51.9 Å². The lowest BCUT2D eigenvalue weighted by Crippen LogP contribution is -2.48. The summed E-state index contributed by atoms with van der Waals surface area (Å²) in [6, 6.07) is 21.3. The van der Waals surface area contributed by atoms with Crippen molar-refractivity contribution in [2.24, 2.45) is 0 Å². The Kier molecular flexibility index (Phi) is 14.1. The van der Waals surface area contributed by atoms with Gasteiger partial charge in [0.1, 0.15) is 25.0 Å². The Bertz CT molecular complexity index is 1840. The fraction of sp³-hybridized carbons (Fsp3) is 0.512. The van der Waals surface area contributed by atoms with Crippen molar-refractivity contribution in [3.63, 3.8) is 0 Å². The van der Waals surface area contributed by atoms with Gasteiger partial charge in [-0.25, -0.2) is 8.42 Å². The first-order chi connectivity index (χ1) is 26.2. The smallest absolute Gasteiger partial charge is 0.209 e. The number of nitrogens with zero attached hydrogens (tertiary/aromatic N) is 4. The molecule has 2 aliphatic heterocycles. The van der Waals surface area contributed by atoms with Gasteiger partial charge in [-0.15, -0.1) is 10.2 Å². The number of sulfone groups is 1. The minimum atomic E-state index is -4.00. The normalized spacial score (nSPS) is 19.9. The maximum atomic E-state index is 14.7. The van der Waals surface area contributed by atoms with Crippen molar-refractivity contribution in [2.75, 3.05) is 58.1 Å². The summed E-state index contributed by atoms with van der Waals surface area (Å²) in [7, 11) is -2.30. The van der Waals surface area contributed by atoms with Crippen molar-refractivity contribution in [1.29, 1.82) is 0 Å². The van der Waals surface area contributed by atoms with Crippen LogP contribution in [0.5, 0.6) is 5.75 Å². The molecule has 13 heteroatoms. The fourth-order valence-corrected chi connectivity index (χ4v) is 8.83. The van der Waals surface area contributed by atoms with Gasteiger partial charge in [0.2, 0.25) is 9.84 Å². The molecule has 1 saturated heterocycles. The Balaban J connectivity index is 1.30. The van der Waals surface area contributed by atoms with Crippen molar-refractivity contribution in [2.45, 2.75) is 87.7 Å². The third-order valence-electron chi connectivity index (χ3n) is 10.2. The van der Waals surface area contributed by atoms with Crippen LogP contribution in [0.1, 0.15) is 66.7 Å². The number of anilines is 1. The SMILES string of the molecule is CCO[C@H](C)COCc1ccc([C@H]2C[C@H](CCn3cnnc3)NC[C@@H]2OC(c2ccc3c(c2)N(CCCOC)CCO3)S(=O)(=O)c2ccc(C)cc2)cc1. The molecule has 12 nitrogen and oxygen atoms in total. The Morgan fingerprint density at radius 3 is 2.54 bits per heavy atom. The first kappa shape index (κ1) is 39.8. The number of fused-ring (bicyclic) bond motifs is 1. The lowest BCUT2D eigenvalue weighted by molar-refractivity contribution is -0.00771.